The van der Waals surface area contributed by atoms with Gasteiger partial charge in [-0.3, -0.25) is 0 Å². The van der Waals surface area contributed by atoms with Gasteiger partial charge in [-0.25, -0.2) is 4.98 Å². The molecule has 0 amide bonds. The second-order valence-corrected chi connectivity index (χ2v) is 4.39. The van der Waals surface area contributed by atoms with Crippen LogP contribution in [0.15, 0.2) is 18.3 Å². The summed E-state index contributed by atoms with van der Waals surface area (Å²) >= 11 is 0. The van der Waals surface area contributed by atoms with Crippen molar-refractivity contribution in [2.75, 3.05) is 26.0 Å². The highest BCUT2D eigenvalue weighted by Gasteiger charge is 2.03. The van der Waals surface area contributed by atoms with Crippen LogP contribution in [0.1, 0.15) is 19.4 Å². The normalized spacial score (nSPS) is 11.1. The molecule has 1 heterocycles. The molecule has 0 fully saturated rings. The van der Waals surface area contributed by atoms with Crippen LogP contribution in [0.25, 0.3) is 0 Å². The van der Waals surface area contributed by atoms with Crippen LogP contribution in [0.5, 0.6) is 0 Å². The monoisotopic (exact) mass is 207 g/mol. The van der Waals surface area contributed by atoms with E-state index >= 15 is 0 Å². The van der Waals surface area contributed by atoms with E-state index in [2.05, 4.69) is 48.2 Å². The lowest BCUT2D eigenvalue weighted by molar-refractivity contribution is 0.288. The zero-order valence-electron chi connectivity index (χ0n) is 10.1. The number of nitrogens with one attached hydrogen (secondary N) is 1. The van der Waals surface area contributed by atoms with Gasteiger partial charge in [-0.15, -0.1) is 0 Å². The van der Waals surface area contributed by atoms with E-state index in [-0.39, 0.29) is 0 Å². The minimum atomic E-state index is 0.709. The van der Waals surface area contributed by atoms with Crippen molar-refractivity contribution >= 4 is 5.82 Å². The van der Waals surface area contributed by atoms with Crippen LogP contribution < -0.4 is 5.32 Å². The molecule has 0 atom stereocenters. The Morgan fingerprint density at radius 1 is 1.47 bits per heavy atom. The third-order valence-electron chi connectivity index (χ3n) is 2.21. The molecule has 84 valence electrons. The van der Waals surface area contributed by atoms with E-state index in [0.717, 1.165) is 18.9 Å². The molecule has 0 aliphatic rings. The highest BCUT2D eigenvalue weighted by molar-refractivity contribution is 5.36. The maximum absolute atomic E-state index is 4.20. The molecular formula is C12H21N3. The quantitative estimate of drug-likeness (QED) is 0.802. The molecule has 0 bridgehead atoms. The van der Waals surface area contributed by atoms with E-state index in [1.54, 1.807) is 0 Å². The largest absolute Gasteiger partial charge is 0.373 e. The lowest BCUT2D eigenvalue weighted by Crippen LogP contribution is -2.22. The molecule has 1 aromatic rings. The standard InChI is InChI=1S/C12H21N3/c1-10(2)8-15(4)9-11-5-6-14-12(7-11)13-3/h5-7,10H,8-9H2,1-4H3,(H,13,14). The van der Waals surface area contributed by atoms with Crippen molar-refractivity contribution in [3.63, 3.8) is 0 Å². The van der Waals surface area contributed by atoms with Crippen LogP contribution in [0.4, 0.5) is 5.82 Å². The fourth-order valence-corrected chi connectivity index (χ4v) is 1.71. The second kappa shape index (κ2) is 5.71. The first-order chi connectivity index (χ1) is 7.11. The van der Waals surface area contributed by atoms with E-state index in [1.165, 1.54) is 5.56 Å². The van der Waals surface area contributed by atoms with Gasteiger partial charge in [0.2, 0.25) is 0 Å². The van der Waals surface area contributed by atoms with Crippen LogP contribution in [-0.2, 0) is 6.54 Å². The lowest BCUT2D eigenvalue weighted by atomic mass is 10.2. The number of hydrogen-bond donors (Lipinski definition) is 1. The number of rotatable bonds is 5. The average Bonchev–Trinajstić information content (AvgIpc) is 2.16. The number of nitrogens with zero attached hydrogens (tertiary/aromatic N) is 2. The fourth-order valence-electron chi connectivity index (χ4n) is 1.71. The lowest BCUT2D eigenvalue weighted by Gasteiger charge is -2.19. The Balaban J connectivity index is 2.55. The highest BCUT2D eigenvalue weighted by atomic mass is 15.1. The molecule has 0 unspecified atom stereocenters. The summed E-state index contributed by atoms with van der Waals surface area (Å²) in [4.78, 5) is 6.53. The van der Waals surface area contributed by atoms with Crippen molar-refractivity contribution in [1.82, 2.24) is 9.88 Å². The van der Waals surface area contributed by atoms with Gasteiger partial charge in [0.05, 0.1) is 0 Å². The summed E-state index contributed by atoms with van der Waals surface area (Å²) in [6, 6.07) is 4.16. The van der Waals surface area contributed by atoms with Gasteiger partial charge in [-0.05, 0) is 30.7 Å². The van der Waals surface area contributed by atoms with Crippen molar-refractivity contribution in [3.05, 3.63) is 23.9 Å². The predicted molar refractivity (Wildman–Crippen MR) is 65.0 cm³/mol. The molecule has 0 saturated carbocycles. The van der Waals surface area contributed by atoms with Gasteiger partial charge in [0.1, 0.15) is 5.82 Å². The molecule has 1 rings (SSSR count). The van der Waals surface area contributed by atoms with Gasteiger partial charge in [0.15, 0.2) is 0 Å². The van der Waals surface area contributed by atoms with Crippen molar-refractivity contribution in [2.24, 2.45) is 5.92 Å². The third-order valence-corrected chi connectivity index (χ3v) is 2.21. The summed E-state index contributed by atoms with van der Waals surface area (Å²) in [5.74, 6) is 1.64. The zero-order valence-corrected chi connectivity index (χ0v) is 10.1. The fraction of sp³-hybridized carbons (Fsp3) is 0.583. The molecule has 0 aromatic carbocycles. The van der Waals surface area contributed by atoms with Crippen molar-refractivity contribution < 1.29 is 0 Å². The molecular weight excluding hydrogens is 186 g/mol. The van der Waals surface area contributed by atoms with Gasteiger partial charge >= 0.3 is 0 Å². The van der Waals surface area contributed by atoms with Crippen molar-refractivity contribution in [2.45, 2.75) is 20.4 Å². The topological polar surface area (TPSA) is 28.2 Å². The van der Waals surface area contributed by atoms with Gasteiger partial charge < -0.3 is 10.2 Å². The summed E-state index contributed by atoms with van der Waals surface area (Å²) in [5.41, 5.74) is 1.30. The molecule has 1 N–H and O–H groups in total. The molecule has 0 aliphatic heterocycles. The molecule has 3 nitrogen and oxygen atoms in total. The van der Waals surface area contributed by atoms with E-state index in [1.807, 2.05) is 13.2 Å². The highest BCUT2D eigenvalue weighted by Crippen LogP contribution is 2.09. The summed E-state index contributed by atoms with van der Waals surface area (Å²) in [5, 5.41) is 3.05. The average molecular weight is 207 g/mol. The predicted octanol–water partition coefficient (Wildman–Crippen LogP) is 2.21. The molecule has 0 spiro atoms. The first kappa shape index (κ1) is 12.0. The summed E-state index contributed by atoms with van der Waals surface area (Å²) in [7, 11) is 4.05. The van der Waals surface area contributed by atoms with Crippen molar-refractivity contribution in [1.29, 1.82) is 0 Å². The van der Waals surface area contributed by atoms with Crippen LogP contribution in [0.2, 0.25) is 0 Å². The van der Waals surface area contributed by atoms with Gasteiger partial charge in [0.25, 0.3) is 0 Å². The van der Waals surface area contributed by atoms with E-state index < -0.39 is 0 Å². The first-order valence-electron chi connectivity index (χ1n) is 5.43. The summed E-state index contributed by atoms with van der Waals surface area (Å²) in [6.07, 6.45) is 1.85. The maximum atomic E-state index is 4.20. The summed E-state index contributed by atoms with van der Waals surface area (Å²) < 4.78 is 0. The zero-order chi connectivity index (χ0) is 11.3. The number of aromatic nitrogens is 1. The number of anilines is 1. The van der Waals surface area contributed by atoms with E-state index in [0.29, 0.717) is 5.92 Å². The molecule has 15 heavy (non-hydrogen) atoms. The molecule has 0 aliphatic carbocycles. The maximum Gasteiger partial charge on any atom is 0.125 e. The van der Waals surface area contributed by atoms with Crippen LogP contribution in [-0.4, -0.2) is 30.5 Å². The van der Waals surface area contributed by atoms with E-state index in [9.17, 15) is 0 Å². The Morgan fingerprint density at radius 2 is 2.20 bits per heavy atom. The Labute approximate surface area is 92.5 Å². The first-order valence-corrected chi connectivity index (χ1v) is 5.43. The van der Waals surface area contributed by atoms with Crippen LogP contribution >= 0.6 is 0 Å². The second-order valence-electron chi connectivity index (χ2n) is 4.39. The number of hydrogen-bond acceptors (Lipinski definition) is 3. The Kier molecular flexibility index (Phi) is 4.56. The SMILES string of the molecule is CNc1cc(CN(C)CC(C)C)ccn1. The van der Waals surface area contributed by atoms with Crippen LogP contribution in [0, 0.1) is 5.92 Å². The smallest absolute Gasteiger partial charge is 0.125 e. The molecule has 0 saturated heterocycles. The molecule has 3 heteroatoms. The Bertz CT molecular complexity index is 297. The van der Waals surface area contributed by atoms with E-state index in [4.69, 9.17) is 0 Å². The third kappa shape index (κ3) is 4.30. The molecule has 0 radical (unpaired) electrons. The van der Waals surface area contributed by atoms with Crippen LogP contribution in [0.3, 0.4) is 0 Å². The van der Waals surface area contributed by atoms with Crippen molar-refractivity contribution in [3.8, 4) is 0 Å². The molecule has 1 aromatic heterocycles. The number of pyridine rings is 1. The Hall–Kier alpha value is -1.09. The minimum Gasteiger partial charge on any atom is -0.373 e. The summed E-state index contributed by atoms with van der Waals surface area (Å²) in [6.45, 7) is 6.58. The van der Waals surface area contributed by atoms with Gasteiger partial charge in [-0.1, -0.05) is 13.8 Å². The van der Waals surface area contributed by atoms with Gasteiger partial charge in [0, 0.05) is 26.3 Å². The van der Waals surface area contributed by atoms with Gasteiger partial charge in [-0.2, -0.15) is 0 Å². The Morgan fingerprint density at radius 3 is 2.80 bits per heavy atom. The minimum absolute atomic E-state index is 0.709.